The van der Waals surface area contributed by atoms with Crippen molar-refractivity contribution in [1.82, 2.24) is 14.5 Å². The molecule has 0 spiro atoms. The van der Waals surface area contributed by atoms with Crippen molar-refractivity contribution in [3.8, 4) is 0 Å². The minimum Gasteiger partial charge on any atom is -0.376 e. The van der Waals surface area contributed by atoms with E-state index in [1.165, 1.54) is 12.1 Å². The number of rotatable bonds is 6. The number of anilines is 1. The molecule has 1 saturated heterocycles. The number of carbonyl (C=O) groups is 1. The second-order valence-electron chi connectivity index (χ2n) is 6.64. The number of pyridine rings is 1. The number of nitrogens with one attached hydrogen (secondary N) is 1. The van der Waals surface area contributed by atoms with Crippen LogP contribution in [0.3, 0.4) is 0 Å². The summed E-state index contributed by atoms with van der Waals surface area (Å²) in [6.07, 6.45) is 3.33. The summed E-state index contributed by atoms with van der Waals surface area (Å²) in [5, 5.41) is 3.35. The van der Waals surface area contributed by atoms with E-state index in [0.717, 1.165) is 24.6 Å². The fourth-order valence-corrected chi connectivity index (χ4v) is 3.98. The fourth-order valence-electron chi connectivity index (χ4n) is 3.18. The zero-order valence-electron chi connectivity index (χ0n) is 15.5. The third-order valence-electron chi connectivity index (χ3n) is 4.59. The number of amides is 1. The van der Waals surface area contributed by atoms with Crippen molar-refractivity contribution in [2.24, 2.45) is 0 Å². The van der Waals surface area contributed by atoms with Crippen molar-refractivity contribution < 1.29 is 13.9 Å². The number of hydrogen-bond acceptors (Lipinski definition) is 6. The molecule has 0 aliphatic carbocycles. The fraction of sp³-hybridized carbons (Fsp3) is 0.300. The Kier molecular flexibility index (Phi) is 5.86. The first kappa shape index (κ1) is 19.5. The minimum atomic E-state index is -0.505. The predicted octanol–water partition coefficient (Wildman–Crippen LogP) is 2.84. The molecule has 7 nitrogen and oxygen atoms in total. The molecule has 1 fully saturated rings. The molecular weight excluding hydrogens is 395 g/mol. The Bertz CT molecular complexity index is 1100. The van der Waals surface area contributed by atoms with Crippen molar-refractivity contribution in [2.45, 2.75) is 30.6 Å². The summed E-state index contributed by atoms with van der Waals surface area (Å²) >= 11 is 1.11. The van der Waals surface area contributed by atoms with Gasteiger partial charge in [0.25, 0.3) is 5.56 Å². The Morgan fingerprint density at radius 1 is 1.31 bits per heavy atom. The molecule has 0 radical (unpaired) electrons. The van der Waals surface area contributed by atoms with Crippen LogP contribution in [0.5, 0.6) is 0 Å². The molecule has 2 aromatic heterocycles. The average molecular weight is 414 g/mol. The lowest BCUT2D eigenvalue weighted by Crippen LogP contribution is -2.29. The van der Waals surface area contributed by atoms with E-state index in [0.29, 0.717) is 29.3 Å². The summed E-state index contributed by atoms with van der Waals surface area (Å²) in [6, 6.07) is 9.33. The molecule has 150 valence electrons. The molecule has 3 heterocycles. The third kappa shape index (κ3) is 4.46. The Morgan fingerprint density at radius 2 is 2.17 bits per heavy atom. The van der Waals surface area contributed by atoms with Crippen LogP contribution in [-0.2, 0) is 16.1 Å². The summed E-state index contributed by atoms with van der Waals surface area (Å²) in [5.41, 5.74) is 0.233. The van der Waals surface area contributed by atoms with Gasteiger partial charge >= 0.3 is 0 Å². The molecule has 0 bridgehead atoms. The van der Waals surface area contributed by atoms with Crippen molar-refractivity contribution >= 4 is 34.4 Å². The number of thioether (sulfide) groups is 1. The van der Waals surface area contributed by atoms with Gasteiger partial charge in [-0.15, -0.1) is 0 Å². The summed E-state index contributed by atoms with van der Waals surface area (Å²) < 4.78 is 20.9. The molecule has 29 heavy (non-hydrogen) atoms. The van der Waals surface area contributed by atoms with Crippen molar-refractivity contribution in [1.29, 1.82) is 0 Å². The van der Waals surface area contributed by atoms with E-state index in [9.17, 15) is 14.0 Å². The number of halogens is 1. The molecule has 1 amide bonds. The highest BCUT2D eigenvalue weighted by atomic mass is 32.2. The van der Waals surface area contributed by atoms with Crippen LogP contribution in [0.15, 0.2) is 52.5 Å². The Hall–Kier alpha value is -2.78. The predicted molar refractivity (Wildman–Crippen MR) is 109 cm³/mol. The second-order valence-corrected chi connectivity index (χ2v) is 7.58. The first-order chi connectivity index (χ1) is 14.1. The van der Waals surface area contributed by atoms with Gasteiger partial charge in [0.05, 0.1) is 29.5 Å². The maximum atomic E-state index is 13.7. The van der Waals surface area contributed by atoms with Gasteiger partial charge in [-0.05, 0) is 37.1 Å². The van der Waals surface area contributed by atoms with E-state index >= 15 is 0 Å². The van der Waals surface area contributed by atoms with Gasteiger partial charge < -0.3 is 10.1 Å². The number of fused-ring (bicyclic) bond motifs is 1. The first-order valence-electron chi connectivity index (χ1n) is 9.26. The molecule has 1 aliphatic rings. The van der Waals surface area contributed by atoms with Crippen LogP contribution >= 0.6 is 11.8 Å². The SMILES string of the molecule is O=C(CSc1nc2ncccc2c(=O)n1C[C@@H]1CCCO1)Nc1ccccc1F. The minimum absolute atomic E-state index is 0.0232. The monoisotopic (exact) mass is 414 g/mol. The van der Waals surface area contributed by atoms with E-state index in [4.69, 9.17) is 4.74 Å². The number of hydrogen-bond donors (Lipinski definition) is 1. The lowest BCUT2D eigenvalue weighted by Gasteiger charge is -2.16. The molecule has 1 aliphatic heterocycles. The van der Waals surface area contributed by atoms with Crippen LogP contribution < -0.4 is 10.9 Å². The Morgan fingerprint density at radius 3 is 2.97 bits per heavy atom. The van der Waals surface area contributed by atoms with Gasteiger partial charge in [-0.25, -0.2) is 14.4 Å². The van der Waals surface area contributed by atoms with Crippen LogP contribution in [0.4, 0.5) is 10.1 Å². The molecule has 1 aromatic carbocycles. The lowest BCUT2D eigenvalue weighted by molar-refractivity contribution is -0.113. The highest BCUT2D eigenvalue weighted by Crippen LogP contribution is 2.21. The maximum Gasteiger partial charge on any atom is 0.263 e. The molecule has 1 N–H and O–H groups in total. The van der Waals surface area contributed by atoms with Gasteiger partial charge in [-0.1, -0.05) is 23.9 Å². The van der Waals surface area contributed by atoms with Crippen LogP contribution in [0.1, 0.15) is 12.8 Å². The average Bonchev–Trinajstić information content (AvgIpc) is 3.24. The van der Waals surface area contributed by atoms with E-state index in [2.05, 4.69) is 15.3 Å². The van der Waals surface area contributed by atoms with Gasteiger partial charge in [0.2, 0.25) is 5.91 Å². The van der Waals surface area contributed by atoms with E-state index in [-0.39, 0.29) is 29.0 Å². The number of nitrogens with zero attached hydrogens (tertiary/aromatic N) is 3. The van der Waals surface area contributed by atoms with Gasteiger partial charge in [-0.2, -0.15) is 0 Å². The zero-order chi connectivity index (χ0) is 20.2. The van der Waals surface area contributed by atoms with Gasteiger partial charge in [0.15, 0.2) is 10.8 Å². The van der Waals surface area contributed by atoms with Crippen molar-refractivity contribution in [2.75, 3.05) is 17.7 Å². The maximum absolute atomic E-state index is 13.7. The highest BCUT2D eigenvalue weighted by molar-refractivity contribution is 7.99. The molecular formula is C20H19FN4O3S. The molecule has 1 atom stereocenters. The van der Waals surface area contributed by atoms with Crippen LogP contribution in [0.2, 0.25) is 0 Å². The Balaban J connectivity index is 1.57. The molecule has 4 rings (SSSR count). The number of ether oxygens (including phenoxy) is 1. The van der Waals surface area contributed by atoms with E-state index in [1.54, 1.807) is 35.0 Å². The van der Waals surface area contributed by atoms with Crippen LogP contribution in [0.25, 0.3) is 11.0 Å². The summed E-state index contributed by atoms with van der Waals surface area (Å²) in [4.78, 5) is 33.9. The van der Waals surface area contributed by atoms with Crippen molar-refractivity contribution in [3.05, 3.63) is 58.8 Å². The quantitative estimate of drug-likeness (QED) is 0.493. The molecule has 9 heteroatoms. The molecule has 0 unspecified atom stereocenters. The summed E-state index contributed by atoms with van der Waals surface area (Å²) in [6.45, 7) is 1.05. The number of aromatic nitrogens is 3. The number of para-hydroxylation sites is 1. The first-order valence-corrected chi connectivity index (χ1v) is 10.2. The Labute approximate surface area is 170 Å². The molecule has 0 saturated carbocycles. The highest BCUT2D eigenvalue weighted by Gasteiger charge is 2.21. The van der Waals surface area contributed by atoms with Crippen molar-refractivity contribution in [3.63, 3.8) is 0 Å². The van der Waals surface area contributed by atoms with Crippen LogP contribution in [-0.4, -0.2) is 38.9 Å². The third-order valence-corrected chi connectivity index (χ3v) is 5.56. The topological polar surface area (TPSA) is 86.1 Å². The second kappa shape index (κ2) is 8.71. The van der Waals surface area contributed by atoms with E-state index in [1.807, 2.05) is 0 Å². The standard InChI is InChI=1S/C20H19FN4O3S/c21-15-7-1-2-8-16(15)23-17(26)12-29-20-24-18-14(6-3-9-22-18)19(27)25(20)11-13-5-4-10-28-13/h1-3,6-9,13H,4-5,10-12H2,(H,23,26)/t13-/m0/s1. The molecule has 3 aromatic rings. The smallest absolute Gasteiger partial charge is 0.263 e. The number of carbonyl (C=O) groups excluding carboxylic acids is 1. The van der Waals surface area contributed by atoms with E-state index < -0.39 is 5.82 Å². The summed E-state index contributed by atoms with van der Waals surface area (Å²) in [7, 11) is 0. The largest absolute Gasteiger partial charge is 0.376 e. The normalized spacial score (nSPS) is 16.2. The van der Waals surface area contributed by atoms with Gasteiger partial charge in [-0.3, -0.25) is 14.2 Å². The number of benzene rings is 1. The zero-order valence-corrected chi connectivity index (χ0v) is 16.3. The van der Waals surface area contributed by atoms with Gasteiger partial charge in [0, 0.05) is 12.8 Å². The van der Waals surface area contributed by atoms with Gasteiger partial charge in [0.1, 0.15) is 5.82 Å². The lowest BCUT2D eigenvalue weighted by atomic mass is 10.2. The van der Waals surface area contributed by atoms with Crippen LogP contribution in [0, 0.1) is 5.82 Å². The summed E-state index contributed by atoms with van der Waals surface area (Å²) in [5.74, 6) is -0.918.